The summed E-state index contributed by atoms with van der Waals surface area (Å²) in [6, 6.07) is 33.7. The van der Waals surface area contributed by atoms with Crippen molar-refractivity contribution in [2.24, 2.45) is 7.05 Å². The van der Waals surface area contributed by atoms with Crippen LogP contribution in [-0.4, -0.2) is 19.6 Å². The van der Waals surface area contributed by atoms with Crippen LogP contribution in [0.1, 0.15) is 11.1 Å². The first-order valence-electron chi connectivity index (χ1n) is 13.1. The van der Waals surface area contributed by atoms with E-state index in [1.165, 1.54) is 11.6 Å². The van der Waals surface area contributed by atoms with Gasteiger partial charge in [-0.3, -0.25) is 0 Å². The van der Waals surface area contributed by atoms with Crippen LogP contribution in [0.2, 0.25) is 0 Å². The molecule has 41 heavy (non-hydrogen) atoms. The van der Waals surface area contributed by atoms with Gasteiger partial charge in [-0.2, -0.15) is 0 Å². The van der Waals surface area contributed by atoms with Gasteiger partial charge in [-0.25, -0.2) is 9.37 Å². The van der Waals surface area contributed by atoms with E-state index in [2.05, 4.69) is 35.1 Å². The summed E-state index contributed by atoms with van der Waals surface area (Å²) < 4.78 is 16.0. The Morgan fingerprint density at radius 1 is 0.780 bits per heavy atom. The molecule has 0 unspecified atom stereocenters. The summed E-state index contributed by atoms with van der Waals surface area (Å²) in [6.07, 6.45) is 1.79. The number of nitrogens with zero attached hydrogens (tertiary/aromatic N) is 3. The van der Waals surface area contributed by atoms with Crippen LogP contribution in [0, 0.1) is 25.7 Å². The molecule has 0 saturated heterocycles. The first-order chi connectivity index (χ1) is 19.4. The van der Waals surface area contributed by atoms with Crippen LogP contribution in [0.15, 0.2) is 103 Å². The molecule has 0 spiro atoms. The molecule has 6 heteroatoms. The third-order valence-corrected chi connectivity index (χ3v) is 7.09. The van der Waals surface area contributed by atoms with Crippen molar-refractivity contribution < 1.29 is 29.6 Å². The molecule has 2 heterocycles. The maximum atomic E-state index is 14.0. The van der Waals surface area contributed by atoms with Crippen molar-refractivity contribution in [3.05, 3.63) is 126 Å². The number of aryl methyl sites for hydroxylation is 3. The Kier molecular flexibility index (Phi) is 7.98. The molecule has 2 aromatic heterocycles. The number of benzene rings is 5. The van der Waals surface area contributed by atoms with Gasteiger partial charge in [0, 0.05) is 38.7 Å². The maximum absolute atomic E-state index is 14.0. The van der Waals surface area contributed by atoms with Crippen molar-refractivity contribution in [1.82, 2.24) is 14.5 Å². The Morgan fingerprint density at radius 3 is 2.29 bits per heavy atom. The average Bonchev–Trinajstić information content (AvgIpc) is 3.29. The van der Waals surface area contributed by atoms with E-state index in [4.69, 9.17) is 0 Å². The number of para-hydroxylation sites is 3. The van der Waals surface area contributed by atoms with Gasteiger partial charge in [-0.05, 0) is 58.3 Å². The van der Waals surface area contributed by atoms with Crippen LogP contribution in [-0.2, 0) is 27.2 Å². The maximum Gasteiger partial charge on any atom is 0.144 e. The third kappa shape index (κ3) is 5.37. The molecule has 0 fully saturated rings. The van der Waals surface area contributed by atoms with Gasteiger partial charge < -0.3 is 14.7 Å². The predicted octanol–water partition coefficient (Wildman–Crippen LogP) is 8.55. The molecule has 0 bridgehead atoms. The molecule has 0 aliphatic heterocycles. The number of imidazole rings is 1. The van der Waals surface area contributed by atoms with Crippen LogP contribution >= 0.6 is 0 Å². The Morgan fingerprint density at radius 2 is 1.51 bits per heavy atom. The summed E-state index contributed by atoms with van der Waals surface area (Å²) in [5.74, 6) is 0.843. The minimum atomic E-state index is -0.194. The van der Waals surface area contributed by atoms with Gasteiger partial charge >= 0.3 is 0 Å². The largest absolute Gasteiger partial charge is 0.507 e. The first kappa shape index (κ1) is 28.2. The second-order valence-corrected chi connectivity index (χ2v) is 9.91. The molecule has 4 nitrogen and oxygen atoms in total. The standard InChI is InChI=1S/C21H15FN.C14H12N2O.Ir/c1-13-10-14(2)12-15(11-13)21-19-7-6-18-16(4-3-5-20(18)22)17(19)8-9-23-21;1-16-12-8-4-3-7-11(12)15-14(16)10-6-2-5-9-13(10)17;/h3-11H,1-2H3;2-9,17H,1H3;/q-1;;. The normalized spacial score (nSPS) is 10.8. The van der Waals surface area contributed by atoms with Gasteiger partial charge in [0.05, 0.1) is 16.6 Å². The van der Waals surface area contributed by atoms with Crippen LogP contribution in [0.4, 0.5) is 4.39 Å². The first-order valence-corrected chi connectivity index (χ1v) is 13.1. The minimum Gasteiger partial charge on any atom is -0.507 e. The zero-order valence-electron chi connectivity index (χ0n) is 22.8. The molecule has 1 radical (unpaired) electrons. The number of phenolic OH excluding ortho intramolecular Hbond substituents is 1. The molecule has 1 N–H and O–H groups in total. The average molecular weight is 717 g/mol. The molecule has 0 atom stereocenters. The molecule has 0 saturated carbocycles. The zero-order chi connectivity index (χ0) is 27.8. The fourth-order valence-corrected chi connectivity index (χ4v) is 5.27. The van der Waals surface area contributed by atoms with Crippen molar-refractivity contribution in [3.63, 3.8) is 0 Å². The molecule has 7 aromatic rings. The second-order valence-electron chi connectivity index (χ2n) is 9.91. The van der Waals surface area contributed by atoms with Gasteiger partial charge in [0.25, 0.3) is 0 Å². The Labute approximate surface area is 251 Å². The molecule has 0 aliphatic carbocycles. The van der Waals surface area contributed by atoms with E-state index in [9.17, 15) is 9.50 Å². The summed E-state index contributed by atoms with van der Waals surface area (Å²) in [4.78, 5) is 9.11. The van der Waals surface area contributed by atoms with Crippen LogP contribution in [0.25, 0.3) is 55.2 Å². The fraction of sp³-hybridized carbons (Fsp3) is 0.0857. The summed E-state index contributed by atoms with van der Waals surface area (Å²) in [6.45, 7) is 4.10. The van der Waals surface area contributed by atoms with Gasteiger partial charge in [-0.1, -0.05) is 62.4 Å². The molecule has 0 aliphatic rings. The third-order valence-electron chi connectivity index (χ3n) is 7.09. The quantitative estimate of drug-likeness (QED) is 0.144. The Bertz CT molecular complexity index is 2010. The fourth-order valence-electron chi connectivity index (χ4n) is 5.27. The summed E-state index contributed by atoms with van der Waals surface area (Å²) in [7, 11) is 1.96. The van der Waals surface area contributed by atoms with Crippen LogP contribution < -0.4 is 0 Å². The number of hydrogen-bond acceptors (Lipinski definition) is 3. The summed E-state index contributed by atoms with van der Waals surface area (Å²) in [5, 5.41) is 13.4. The van der Waals surface area contributed by atoms with Crippen LogP contribution in [0.5, 0.6) is 5.75 Å². The van der Waals surface area contributed by atoms with Crippen molar-refractivity contribution in [1.29, 1.82) is 0 Å². The number of fused-ring (bicyclic) bond motifs is 4. The van der Waals surface area contributed by atoms with Gasteiger partial charge in [0.2, 0.25) is 0 Å². The van der Waals surface area contributed by atoms with Crippen molar-refractivity contribution in [2.75, 3.05) is 0 Å². The number of phenols is 1. The van der Waals surface area contributed by atoms with E-state index < -0.39 is 0 Å². The van der Waals surface area contributed by atoms with E-state index in [1.54, 1.807) is 18.3 Å². The predicted molar refractivity (Wildman–Crippen MR) is 161 cm³/mol. The zero-order valence-corrected chi connectivity index (χ0v) is 25.2. The number of pyridine rings is 1. The number of hydrogen-bond donors (Lipinski definition) is 1. The molecular formula is C35H27FIrN3O-. The summed E-state index contributed by atoms with van der Waals surface area (Å²) in [5.41, 5.74) is 6.89. The monoisotopic (exact) mass is 717 g/mol. The number of halogens is 1. The van der Waals surface area contributed by atoms with E-state index >= 15 is 0 Å². The SMILES string of the molecule is Cc1[c-]c(-c2nccc3c2ccc2c(F)cccc23)cc(C)c1.Cn1c(-c2ccccc2O)nc2ccccc21.[Ir]. The van der Waals surface area contributed by atoms with Gasteiger partial charge in [0.1, 0.15) is 17.4 Å². The summed E-state index contributed by atoms with van der Waals surface area (Å²) >= 11 is 0. The van der Waals surface area contributed by atoms with Gasteiger partial charge in [0.15, 0.2) is 0 Å². The minimum absolute atomic E-state index is 0. The topological polar surface area (TPSA) is 50.9 Å². The van der Waals surface area contributed by atoms with E-state index in [-0.39, 0.29) is 31.7 Å². The van der Waals surface area contributed by atoms with Gasteiger partial charge in [-0.15, -0.1) is 34.9 Å². The number of aromatic hydroxyl groups is 1. The van der Waals surface area contributed by atoms with Crippen molar-refractivity contribution in [3.8, 4) is 28.4 Å². The Balaban J connectivity index is 0.000000168. The van der Waals surface area contributed by atoms with E-state index in [0.717, 1.165) is 55.4 Å². The smallest absolute Gasteiger partial charge is 0.144 e. The molecule has 5 aromatic carbocycles. The van der Waals surface area contributed by atoms with Crippen molar-refractivity contribution in [2.45, 2.75) is 13.8 Å². The van der Waals surface area contributed by atoms with E-state index in [0.29, 0.717) is 5.39 Å². The molecular weight excluding hydrogens is 690 g/mol. The Hall–Kier alpha value is -4.38. The van der Waals surface area contributed by atoms with E-state index in [1.807, 2.05) is 85.3 Å². The van der Waals surface area contributed by atoms with Crippen molar-refractivity contribution >= 4 is 32.6 Å². The number of aromatic nitrogens is 3. The molecule has 0 amide bonds. The molecule has 205 valence electrons. The van der Waals surface area contributed by atoms with Crippen LogP contribution in [0.3, 0.4) is 0 Å². The second kappa shape index (κ2) is 11.6. The number of rotatable bonds is 2. The molecule has 7 rings (SSSR count).